The number of carbonyl (C=O) groups excluding carboxylic acids is 2. The van der Waals surface area contributed by atoms with Crippen molar-refractivity contribution in [3.63, 3.8) is 0 Å². The van der Waals surface area contributed by atoms with Gasteiger partial charge in [0.15, 0.2) is 0 Å². The first kappa shape index (κ1) is 22.5. The Morgan fingerprint density at radius 2 is 2.03 bits per heavy atom. The van der Waals surface area contributed by atoms with Crippen LogP contribution in [-0.4, -0.2) is 56.8 Å². The normalized spacial score (nSPS) is 17.3. The molecule has 1 unspecified atom stereocenters. The number of hydrogen-bond acceptors (Lipinski definition) is 4. The van der Waals surface area contributed by atoms with E-state index in [2.05, 4.69) is 5.10 Å². The first-order valence-electron chi connectivity index (χ1n) is 10.4. The molecule has 31 heavy (non-hydrogen) atoms. The summed E-state index contributed by atoms with van der Waals surface area (Å²) in [5.41, 5.74) is 0.836. The van der Waals surface area contributed by atoms with Crippen LogP contribution >= 0.6 is 0 Å². The van der Waals surface area contributed by atoms with Gasteiger partial charge in [0.1, 0.15) is 11.4 Å². The predicted octanol–water partition coefficient (Wildman–Crippen LogP) is 3.88. The van der Waals surface area contributed by atoms with Gasteiger partial charge in [0.2, 0.25) is 5.91 Å². The number of nitrogens with zero attached hydrogens (tertiary/aromatic N) is 4. The van der Waals surface area contributed by atoms with E-state index in [0.717, 1.165) is 5.69 Å². The van der Waals surface area contributed by atoms with Gasteiger partial charge in [-0.1, -0.05) is 12.1 Å². The highest BCUT2D eigenvalue weighted by Gasteiger charge is 2.34. The Balaban J connectivity index is 1.83. The van der Waals surface area contributed by atoms with Gasteiger partial charge in [-0.25, -0.2) is 9.18 Å². The Labute approximate surface area is 182 Å². The molecule has 0 aliphatic carbocycles. The number of ether oxygens (including phenoxy) is 1. The minimum Gasteiger partial charge on any atom is -0.444 e. The van der Waals surface area contributed by atoms with Gasteiger partial charge in [-0.3, -0.25) is 9.48 Å². The SMILES string of the molecule is CCn1nccc1C=CC(=O)N1CCN(C(=O)OC(C)(C)C)CC1c1cccc(F)c1. The summed E-state index contributed by atoms with van der Waals surface area (Å²) in [4.78, 5) is 28.9. The molecule has 1 aliphatic heterocycles. The summed E-state index contributed by atoms with van der Waals surface area (Å²) in [6.07, 6.45) is 4.46. The summed E-state index contributed by atoms with van der Waals surface area (Å²) >= 11 is 0. The first-order chi connectivity index (χ1) is 14.7. The van der Waals surface area contributed by atoms with Crippen LogP contribution in [0, 0.1) is 5.82 Å². The van der Waals surface area contributed by atoms with E-state index >= 15 is 0 Å². The van der Waals surface area contributed by atoms with Crippen molar-refractivity contribution in [3.8, 4) is 0 Å². The van der Waals surface area contributed by atoms with Crippen LogP contribution < -0.4 is 0 Å². The lowest BCUT2D eigenvalue weighted by atomic mass is 10.0. The van der Waals surface area contributed by atoms with Crippen LogP contribution in [0.1, 0.15) is 45.0 Å². The largest absolute Gasteiger partial charge is 0.444 e. The van der Waals surface area contributed by atoms with Gasteiger partial charge >= 0.3 is 6.09 Å². The van der Waals surface area contributed by atoms with Crippen molar-refractivity contribution in [2.24, 2.45) is 0 Å². The number of benzene rings is 1. The summed E-state index contributed by atoms with van der Waals surface area (Å²) in [5.74, 6) is -0.594. The molecule has 2 amide bonds. The molecule has 3 rings (SSSR count). The highest BCUT2D eigenvalue weighted by molar-refractivity contribution is 5.92. The van der Waals surface area contributed by atoms with Crippen LogP contribution in [0.2, 0.25) is 0 Å². The maximum Gasteiger partial charge on any atom is 0.410 e. The molecule has 8 heteroatoms. The maximum atomic E-state index is 13.9. The fourth-order valence-corrected chi connectivity index (χ4v) is 3.54. The third-order valence-electron chi connectivity index (χ3n) is 4.99. The molecule has 0 spiro atoms. The Morgan fingerprint density at radius 3 is 2.71 bits per heavy atom. The smallest absolute Gasteiger partial charge is 0.410 e. The topological polar surface area (TPSA) is 67.7 Å². The molecule has 1 fully saturated rings. The molecule has 1 aromatic carbocycles. The van der Waals surface area contributed by atoms with Gasteiger partial charge in [0.25, 0.3) is 0 Å². The summed E-state index contributed by atoms with van der Waals surface area (Å²) in [7, 11) is 0. The second kappa shape index (κ2) is 9.32. The van der Waals surface area contributed by atoms with Crippen molar-refractivity contribution in [2.45, 2.75) is 45.9 Å². The first-order valence-corrected chi connectivity index (χ1v) is 10.4. The monoisotopic (exact) mass is 428 g/mol. The van der Waals surface area contributed by atoms with E-state index < -0.39 is 17.7 Å². The Kier molecular flexibility index (Phi) is 6.77. The van der Waals surface area contributed by atoms with Crippen molar-refractivity contribution in [1.82, 2.24) is 19.6 Å². The molecule has 1 aliphatic rings. The number of piperazine rings is 1. The number of hydrogen-bond donors (Lipinski definition) is 0. The summed E-state index contributed by atoms with van der Waals surface area (Å²) in [6, 6.07) is 7.48. The lowest BCUT2D eigenvalue weighted by Crippen LogP contribution is -2.53. The van der Waals surface area contributed by atoms with Crippen molar-refractivity contribution in [3.05, 3.63) is 59.7 Å². The zero-order valence-corrected chi connectivity index (χ0v) is 18.4. The molecule has 2 heterocycles. The molecule has 0 radical (unpaired) electrons. The Bertz CT molecular complexity index is 964. The number of aryl methyl sites for hydroxylation is 1. The molecule has 7 nitrogen and oxygen atoms in total. The molecule has 1 aromatic heterocycles. The number of carbonyl (C=O) groups is 2. The third-order valence-corrected chi connectivity index (χ3v) is 4.99. The van der Waals surface area contributed by atoms with Gasteiger partial charge in [-0.05, 0) is 57.5 Å². The van der Waals surface area contributed by atoms with Crippen LogP contribution in [0.4, 0.5) is 9.18 Å². The lowest BCUT2D eigenvalue weighted by molar-refractivity contribution is -0.131. The van der Waals surface area contributed by atoms with E-state index in [4.69, 9.17) is 4.74 Å². The van der Waals surface area contributed by atoms with Gasteiger partial charge in [0, 0.05) is 38.5 Å². The highest BCUT2D eigenvalue weighted by Crippen LogP contribution is 2.27. The van der Waals surface area contributed by atoms with Gasteiger partial charge in [-0.15, -0.1) is 0 Å². The molecule has 1 saturated heterocycles. The molecule has 0 N–H and O–H groups in total. The van der Waals surface area contributed by atoms with E-state index in [0.29, 0.717) is 25.2 Å². The van der Waals surface area contributed by atoms with E-state index in [1.165, 1.54) is 18.2 Å². The zero-order chi connectivity index (χ0) is 22.6. The number of rotatable bonds is 4. The molecule has 0 saturated carbocycles. The minimum absolute atomic E-state index is 0.207. The van der Waals surface area contributed by atoms with Crippen molar-refractivity contribution >= 4 is 18.1 Å². The van der Waals surface area contributed by atoms with Gasteiger partial charge < -0.3 is 14.5 Å². The van der Waals surface area contributed by atoms with Gasteiger partial charge in [-0.2, -0.15) is 5.10 Å². The van der Waals surface area contributed by atoms with Crippen LogP contribution in [-0.2, 0) is 16.1 Å². The Morgan fingerprint density at radius 1 is 1.26 bits per heavy atom. The third kappa shape index (κ3) is 5.71. The fourth-order valence-electron chi connectivity index (χ4n) is 3.54. The van der Waals surface area contributed by atoms with E-state index in [9.17, 15) is 14.0 Å². The van der Waals surface area contributed by atoms with Crippen molar-refractivity contribution in [1.29, 1.82) is 0 Å². The molecule has 2 aromatic rings. The molecule has 0 bridgehead atoms. The lowest BCUT2D eigenvalue weighted by Gasteiger charge is -2.41. The number of halogens is 1. The predicted molar refractivity (Wildman–Crippen MR) is 116 cm³/mol. The van der Waals surface area contributed by atoms with Crippen LogP contribution in [0.15, 0.2) is 42.6 Å². The van der Waals surface area contributed by atoms with Crippen molar-refractivity contribution < 1.29 is 18.7 Å². The molecular formula is C23H29FN4O3. The summed E-state index contributed by atoms with van der Waals surface area (Å²) < 4.78 is 21.2. The van der Waals surface area contributed by atoms with Crippen molar-refractivity contribution in [2.75, 3.05) is 19.6 Å². The number of amides is 2. The van der Waals surface area contributed by atoms with E-state index in [1.807, 2.05) is 13.0 Å². The number of aromatic nitrogens is 2. The standard InChI is InChI=1S/C23H29FN4O3/c1-5-28-19(11-12-25-28)9-10-21(29)27-14-13-26(22(30)31-23(2,3)4)16-20(27)17-7-6-8-18(24)15-17/h6-12,15,20H,5,13-14,16H2,1-4H3. The zero-order valence-electron chi connectivity index (χ0n) is 18.4. The average molecular weight is 429 g/mol. The molecule has 1 atom stereocenters. The molecule has 166 valence electrons. The fraction of sp³-hybridized carbons (Fsp3) is 0.435. The van der Waals surface area contributed by atoms with Crippen LogP contribution in [0.25, 0.3) is 6.08 Å². The summed E-state index contributed by atoms with van der Waals surface area (Å²) in [5, 5.41) is 4.20. The van der Waals surface area contributed by atoms with Crippen LogP contribution in [0.3, 0.4) is 0 Å². The molecular weight excluding hydrogens is 399 g/mol. The average Bonchev–Trinajstić information content (AvgIpc) is 3.18. The minimum atomic E-state index is -0.622. The quantitative estimate of drug-likeness (QED) is 0.694. The second-order valence-electron chi connectivity index (χ2n) is 8.43. The highest BCUT2D eigenvalue weighted by atomic mass is 19.1. The van der Waals surface area contributed by atoms with E-state index in [-0.39, 0.29) is 18.3 Å². The van der Waals surface area contributed by atoms with E-state index in [1.54, 1.807) is 59.7 Å². The summed E-state index contributed by atoms with van der Waals surface area (Å²) in [6.45, 7) is 8.97. The maximum absolute atomic E-state index is 13.9. The second-order valence-corrected chi connectivity index (χ2v) is 8.43. The van der Waals surface area contributed by atoms with Crippen LogP contribution in [0.5, 0.6) is 0 Å². The van der Waals surface area contributed by atoms with Gasteiger partial charge in [0.05, 0.1) is 11.7 Å². The Hall–Kier alpha value is -3.16.